The number of carbonyl (C=O) groups is 1. The molecule has 1 heterocycles. The number of hydrogen-bond acceptors (Lipinski definition) is 3. The zero-order valence-electron chi connectivity index (χ0n) is 7.59. The molecule has 0 aliphatic heterocycles. The maximum atomic E-state index is 10.6. The first-order valence-corrected chi connectivity index (χ1v) is 3.98. The molecule has 0 fully saturated rings. The summed E-state index contributed by atoms with van der Waals surface area (Å²) >= 11 is 0. The van der Waals surface area contributed by atoms with Gasteiger partial charge in [0, 0.05) is 5.69 Å². The average molecular weight is 164 g/mol. The van der Waals surface area contributed by atoms with Crippen molar-refractivity contribution < 1.29 is 4.79 Å². The van der Waals surface area contributed by atoms with Crippen molar-refractivity contribution in [3.8, 4) is 0 Å². The third kappa shape index (κ3) is 1.49. The maximum Gasteiger partial charge on any atom is 0.168 e. The van der Waals surface area contributed by atoms with Gasteiger partial charge in [-0.15, -0.1) is 0 Å². The van der Waals surface area contributed by atoms with Crippen molar-refractivity contribution in [3.05, 3.63) is 22.8 Å². The molecule has 1 aromatic heterocycles. The van der Waals surface area contributed by atoms with E-state index in [1.54, 1.807) is 6.92 Å². The fraction of sp³-hybridized carbons (Fsp3) is 0.444. The number of rotatable bonds is 2. The van der Waals surface area contributed by atoms with E-state index in [1.165, 1.54) is 0 Å². The van der Waals surface area contributed by atoms with Crippen LogP contribution in [0.15, 0.2) is 0 Å². The zero-order valence-corrected chi connectivity index (χ0v) is 7.59. The third-order valence-corrected chi connectivity index (χ3v) is 1.84. The van der Waals surface area contributed by atoms with Crippen LogP contribution < -0.4 is 0 Å². The minimum atomic E-state index is 0.513. The van der Waals surface area contributed by atoms with Crippen LogP contribution in [0.5, 0.6) is 0 Å². The molecule has 0 aliphatic carbocycles. The van der Waals surface area contributed by atoms with Crippen molar-refractivity contribution >= 4 is 6.29 Å². The van der Waals surface area contributed by atoms with Crippen LogP contribution in [0.1, 0.15) is 34.5 Å². The lowest BCUT2D eigenvalue weighted by atomic mass is 10.1. The van der Waals surface area contributed by atoms with Crippen molar-refractivity contribution in [2.75, 3.05) is 0 Å². The van der Waals surface area contributed by atoms with E-state index >= 15 is 0 Å². The largest absolute Gasteiger partial charge is 0.296 e. The first-order valence-electron chi connectivity index (χ1n) is 3.98. The maximum absolute atomic E-state index is 10.6. The Hall–Kier alpha value is -1.25. The van der Waals surface area contributed by atoms with Gasteiger partial charge in [-0.2, -0.15) is 0 Å². The standard InChI is InChI=1S/C9H12N2O/c1-4-8-6(2)9(5-12)11-7(3)10-8/h5H,4H2,1-3H3. The predicted molar refractivity (Wildman–Crippen MR) is 46.3 cm³/mol. The highest BCUT2D eigenvalue weighted by Gasteiger charge is 2.05. The molecule has 1 rings (SSSR count). The molecule has 0 radical (unpaired) electrons. The van der Waals surface area contributed by atoms with Crippen molar-refractivity contribution in [1.82, 2.24) is 9.97 Å². The molecule has 0 aliphatic rings. The lowest BCUT2D eigenvalue weighted by Gasteiger charge is -2.04. The summed E-state index contributed by atoms with van der Waals surface area (Å²) in [6.45, 7) is 5.69. The fourth-order valence-corrected chi connectivity index (χ4v) is 1.17. The molecule has 0 atom stereocenters. The molecular formula is C9H12N2O. The average Bonchev–Trinajstić information content (AvgIpc) is 2.08. The van der Waals surface area contributed by atoms with Gasteiger partial charge in [0.1, 0.15) is 11.5 Å². The molecule has 0 N–H and O–H groups in total. The summed E-state index contributed by atoms with van der Waals surface area (Å²) in [6, 6.07) is 0. The van der Waals surface area contributed by atoms with E-state index in [0.29, 0.717) is 11.5 Å². The van der Waals surface area contributed by atoms with Crippen molar-refractivity contribution in [3.63, 3.8) is 0 Å². The highest BCUT2D eigenvalue weighted by atomic mass is 16.1. The lowest BCUT2D eigenvalue weighted by Crippen LogP contribution is -2.03. The Morgan fingerprint density at radius 3 is 2.50 bits per heavy atom. The molecule has 0 amide bonds. The first-order chi connectivity index (χ1) is 5.69. The summed E-state index contributed by atoms with van der Waals surface area (Å²) in [7, 11) is 0. The Labute approximate surface area is 71.9 Å². The number of aldehydes is 1. The minimum absolute atomic E-state index is 0.513. The normalized spacial score (nSPS) is 9.92. The number of nitrogens with zero attached hydrogens (tertiary/aromatic N) is 2. The summed E-state index contributed by atoms with van der Waals surface area (Å²) in [5.74, 6) is 0.666. The van der Waals surface area contributed by atoms with Crippen LogP contribution in [0, 0.1) is 13.8 Å². The highest BCUT2D eigenvalue weighted by molar-refractivity contribution is 5.74. The van der Waals surface area contributed by atoms with Gasteiger partial charge >= 0.3 is 0 Å². The Morgan fingerprint density at radius 1 is 1.33 bits per heavy atom. The molecule has 0 spiro atoms. The van der Waals surface area contributed by atoms with Gasteiger partial charge < -0.3 is 0 Å². The van der Waals surface area contributed by atoms with Crippen LogP contribution >= 0.6 is 0 Å². The second-order valence-electron chi connectivity index (χ2n) is 2.70. The quantitative estimate of drug-likeness (QED) is 0.621. The van der Waals surface area contributed by atoms with Gasteiger partial charge in [0.25, 0.3) is 0 Å². The Morgan fingerprint density at radius 2 is 2.00 bits per heavy atom. The van der Waals surface area contributed by atoms with Crippen LogP contribution in [0.4, 0.5) is 0 Å². The molecular weight excluding hydrogens is 152 g/mol. The van der Waals surface area contributed by atoms with Gasteiger partial charge in [-0.25, -0.2) is 9.97 Å². The van der Waals surface area contributed by atoms with Gasteiger partial charge in [-0.3, -0.25) is 4.79 Å². The van der Waals surface area contributed by atoms with E-state index in [1.807, 2.05) is 13.8 Å². The summed E-state index contributed by atoms with van der Waals surface area (Å²) < 4.78 is 0. The lowest BCUT2D eigenvalue weighted by molar-refractivity contribution is 0.111. The molecule has 0 aromatic carbocycles. The number of aromatic nitrogens is 2. The summed E-state index contributed by atoms with van der Waals surface area (Å²) in [5.41, 5.74) is 2.38. The molecule has 0 bridgehead atoms. The van der Waals surface area contributed by atoms with E-state index in [2.05, 4.69) is 9.97 Å². The smallest absolute Gasteiger partial charge is 0.168 e. The molecule has 12 heavy (non-hydrogen) atoms. The molecule has 0 unspecified atom stereocenters. The SMILES string of the molecule is CCc1nc(C)nc(C=O)c1C. The van der Waals surface area contributed by atoms with E-state index in [-0.39, 0.29) is 0 Å². The molecule has 3 nitrogen and oxygen atoms in total. The highest BCUT2D eigenvalue weighted by Crippen LogP contribution is 2.08. The van der Waals surface area contributed by atoms with Crippen LogP contribution in [0.2, 0.25) is 0 Å². The second-order valence-corrected chi connectivity index (χ2v) is 2.70. The third-order valence-electron chi connectivity index (χ3n) is 1.84. The number of carbonyl (C=O) groups excluding carboxylic acids is 1. The molecule has 1 aromatic rings. The monoisotopic (exact) mass is 164 g/mol. The van der Waals surface area contributed by atoms with E-state index < -0.39 is 0 Å². The van der Waals surface area contributed by atoms with Crippen molar-refractivity contribution in [2.24, 2.45) is 0 Å². The fourth-order valence-electron chi connectivity index (χ4n) is 1.17. The van der Waals surface area contributed by atoms with Crippen LogP contribution in [0.25, 0.3) is 0 Å². The van der Waals surface area contributed by atoms with Crippen molar-refractivity contribution in [2.45, 2.75) is 27.2 Å². The van der Waals surface area contributed by atoms with Gasteiger partial charge in [-0.1, -0.05) is 6.92 Å². The summed E-state index contributed by atoms with van der Waals surface area (Å²) in [6.07, 6.45) is 1.62. The van der Waals surface area contributed by atoms with Gasteiger partial charge in [0.05, 0.1) is 0 Å². The Bertz CT molecular complexity index is 308. The van der Waals surface area contributed by atoms with Crippen LogP contribution in [-0.2, 0) is 6.42 Å². The van der Waals surface area contributed by atoms with E-state index in [0.717, 1.165) is 24.0 Å². The predicted octanol–water partition coefficient (Wildman–Crippen LogP) is 1.47. The number of hydrogen-bond donors (Lipinski definition) is 0. The Kier molecular flexibility index (Phi) is 2.53. The molecule has 0 saturated heterocycles. The molecule has 0 saturated carbocycles. The second kappa shape index (κ2) is 3.43. The van der Waals surface area contributed by atoms with Gasteiger partial charge in [0.15, 0.2) is 6.29 Å². The summed E-state index contributed by atoms with van der Waals surface area (Å²) in [5, 5.41) is 0. The van der Waals surface area contributed by atoms with E-state index in [4.69, 9.17) is 0 Å². The number of aryl methyl sites for hydroxylation is 2. The van der Waals surface area contributed by atoms with Crippen LogP contribution in [-0.4, -0.2) is 16.3 Å². The first kappa shape index (κ1) is 8.84. The zero-order chi connectivity index (χ0) is 9.14. The molecule has 3 heteroatoms. The van der Waals surface area contributed by atoms with E-state index in [9.17, 15) is 4.79 Å². The topological polar surface area (TPSA) is 42.9 Å². The molecule has 64 valence electrons. The minimum Gasteiger partial charge on any atom is -0.296 e. The van der Waals surface area contributed by atoms with Crippen LogP contribution in [0.3, 0.4) is 0 Å². The van der Waals surface area contributed by atoms with Gasteiger partial charge in [-0.05, 0) is 25.8 Å². The van der Waals surface area contributed by atoms with Crippen molar-refractivity contribution in [1.29, 1.82) is 0 Å². The Balaban J connectivity index is 3.31. The van der Waals surface area contributed by atoms with Gasteiger partial charge in [0.2, 0.25) is 0 Å². The summed E-state index contributed by atoms with van der Waals surface area (Å²) in [4.78, 5) is 18.8.